The number of amides is 3. The van der Waals surface area contributed by atoms with Crippen molar-refractivity contribution >= 4 is 66.3 Å². The van der Waals surface area contributed by atoms with Gasteiger partial charge in [-0.25, -0.2) is 4.79 Å². The molecule has 1 aromatic carbocycles. The number of phenols is 1. The molecule has 0 spiro atoms. The number of rotatable bonds is 28. The van der Waals surface area contributed by atoms with Crippen LogP contribution in [0.2, 0.25) is 0 Å². The smallest absolute Gasteiger partial charge is 0.326 e. The Labute approximate surface area is 323 Å². The lowest BCUT2D eigenvalue weighted by Gasteiger charge is -2.25. The Morgan fingerprint density at radius 2 is 1.30 bits per heavy atom. The summed E-state index contributed by atoms with van der Waals surface area (Å²) in [5, 5.41) is 37.0. The van der Waals surface area contributed by atoms with Gasteiger partial charge in [-0.05, 0) is 62.3 Å². The van der Waals surface area contributed by atoms with Crippen molar-refractivity contribution in [3.8, 4) is 5.75 Å². The summed E-state index contributed by atoms with van der Waals surface area (Å²) in [5.74, 6) is -7.74. The lowest BCUT2D eigenvalue weighted by Crippen LogP contribution is -2.50. The topological polar surface area (TPSA) is 242 Å². The largest absolute Gasteiger partial charge is 0.508 e. The highest BCUT2D eigenvalue weighted by atomic mass is 32.1. The van der Waals surface area contributed by atoms with Crippen LogP contribution in [-0.2, 0) is 40.0 Å². The summed E-state index contributed by atoms with van der Waals surface area (Å²) in [5.41, 5.74) is 6.15. The number of aliphatic hydroxyl groups is 1. The van der Waals surface area contributed by atoms with Gasteiger partial charge in [0.15, 0.2) is 11.6 Å². The van der Waals surface area contributed by atoms with Gasteiger partial charge in [0.05, 0.1) is 30.5 Å². The lowest BCUT2D eigenvalue weighted by atomic mass is 9.92. The summed E-state index contributed by atoms with van der Waals surface area (Å²) in [6.45, 7) is 5.11. The lowest BCUT2D eigenvalue weighted by molar-refractivity contribution is -0.143. The molecule has 8 N–H and O–H groups in total. The molecule has 0 aliphatic rings. The van der Waals surface area contributed by atoms with Crippen molar-refractivity contribution in [1.82, 2.24) is 16.0 Å². The molecule has 1 rings (SSSR count). The van der Waals surface area contributed by atoms with E-state index in [0.717, 1.165) is 0 Å². The fourth-order valence-corrected chi connectivity index (χ4v) is 6.26. The molecule has 0 heterocycles. The van der Waals surface area contributed by atoms with Gasteiger partial charge < -0.3 is 37.0 Å². The molecule has 298 valence electrons. The van der Waals surface area contributed by atoms with Gasteiger partial charge in [-0.2, -0.15) is 25.3 Å². The SMILES string of the molecule is CCCC(=O)C[C@@H](CCCCN)C(=O)N[C@@H](CS)C(=O)C[C@@H](CS)C(=O)N[C@H](Cc1ccc(O)cc1)C(=O)C[C@@H](CO)C(=O)N[C@@H](CC(C)C)C(=O)O. The van der Waals surface area contributed by atoms with E-state index in [-0.39, 0.29) is 54.6 Å². The van der Waals surface area contributed by atoms with E-state index >= 15 is 0 Å². The first-order chi connectivity index (χ1) is 25.1. The van der Waals surface area contributed by atoms with Crippen molar-refractivity contribution in [1.29, 1.82) is 0 Å². The number of aliphatic hydroxyl groups excluding tert-OH is 1. The fourth-order valence-electron chi connectivity index (χ4n) is 5.67. The number of aromatic hydroxyl groups is 1. The molecule has 0 saturated heterocycles. The molecular weight excluding hydrogens is 725 g/mol. The summed E-state index contributed by atoms with van der Waals surface area (Å²) in [4.78, 5) is 91.0. The highest BCUT2D eigenvalue weighted by Gasteiger charge is 2.33. The standard InChI is InChI=1S/C37H58N4O10S2/c1-4-7-28(44)16-24(8-5-6-13-38)34(47)41-31(21-53)33(46)18-26(20-52)36(49)39-29(15-23-9-11-27(43)12-10-23)32(45)17-25(19-42)35(48)40-30(37(50)51)14-22(2)3/h9-12,22,24-26,29-31,42-43,52-53H,4-8,13-21,38H2,1-3H3,(H,39,49)(H,40,48)(H,41,47)(H,50,51)/t24-,25+,26+,29-,30+,31+/m1/s1. The maximum atomic E-state index is 13.7. The fraction of sp³-hybridized carbons (Fsp3) is 0.649. The zero-order valence-electron chi connectivity index (χ0n) is 30.9. The Kier molecular flexibility index (Phi) is 22.9. The zero-order valence-corrected chi connectivity index (χ0v) is 32.7. The molecule has 0 saturated carbocycles. The first-order valence-electron chi connectivity index (χ1n) is 18.1. The highest BCUT2D eigenvalue weighted by molar-refractivity contribution is 7.80. The number of carbonyl (C=O) groups excluding carboxylic acids is 6. The van der Waals surface area contributed by atoms with Gasteiger partial charge in [0, 0.05) is 43.1 Å². The molecule has 0 aliphatic heterocycles. The first-order valence-corrected chi connectivity index (χ1v) is 19.4. The van der Waals surface area contributed by atoms with Crippen LogP contribution >= 0.6 is 25.3 Å². The van der Waals surface area contributed by atoms with Crippen LogP contribution in [0, 0.1) is 23.7 Å². The highest BCUT2D eigenvalue weighted by Crippen LogP contribution is 2.19. The molecule has 0 fully saturated rings. The number of carbonyl (C=O) groups is 7. The quantitative estimate of drug-likeness (QED) is 0.0440. The third kappa shape index (κ3) is 17.9. The van der Waals surface area contributed by atoms with Crippen molar-refractivity contribution in [2.24, 2.45) is 29.4 Å². The monoisotopic (exact) mass is 782 g/mol. The van der Waals surface area contributed by atoms with E-state index in [1.807, 2.05) is 6.92 Å². The average Bonchev–Trinajstić information content (AvgIpc) is 3.11. The van der Waals surface area contributed by atoms with E-state index in [4.69, 9.17) is 5.73 Å². The number of carboxylic acid groups (broad SMARTS) is 1. The number of nitrogens with two attached hydrogens (primary N) is 1. The zero-order chi connectivity index (χ0) is 40.1. The number of thiol groups is 2. The minimum atomic E-state index is -1.31. The normalized spacial score (nSPS) is 14.6. The van der Waals surface area contributed by atoms with Crippen molar-refractivity contribution in [2.45, 2.75) is 103 Å². The number of hydrogen-bond acceptors (Lipinski definition) is 12. The first kappa shape index (κ1) is 47.6. The minimum Gasteiger partial charge on any atom is -0.508 e. The van der Waals surface area contributed by atoms with Gasteiger partial charge in [-0.15, -0.1) is 0 Å². The molecule has 16 heteroatoms. The Morgan fingerprint density at radius 3 is 1.83 bits per heavy atom. The molecule has 0 aromatic heterocycles. The molecule has 1 aromatic rings. The summed E-state index contributed by atoms with van der Waals surface area (Å²) in [6.07, 6.45) is 1.90. The predicted octanol–water partition coefficient (Wildman–Crippen LogP) is 2.03. The molecule has 0 unspecified atom stereocenters. The third-order valence-electron chi connectivity index (χ3n) is 8.75. The number of benzene rings is 1. The van der Waals surface area contributed by atoms with E-state index < -0.39 is 84.2 Å². The van der Waals surface area contributed by atoms with Crippen LogP contribution < -0.4 is 21.7 Å². The predicted molar refractivity (Wildman–Crippen MR) is 207 cm³/mol. The summed E-state index contributed by atoms with van der Waals surface area (Å²) in [7, 11) is 0. The van der Waals surface area contributed by atoms with Crippen LogP contribution in [-0.4, -0.2) is 99.1 Å². The number of unbranched alkanes of at least 4 members (excludes halogenated alkanes) is 1. The van der Waals surface area contributed by atoms with Gasteiger partial charge in [-0.1, -0.05) is 39.3 Å². The number of ketones is 3. The minimum absolute atomic E-state index is 0.0269. The van der Waals surface area contributed by atoms with Crippen molar-refractivity contribution < 1.29 is 48.9 Å². The second-order valence-corrected chi connectivity index (χ2v) is 14.5. The van der Waals surface area contributed by atoms with Crippen molar-refractivity contribution in [2.75, 3.05) is 24.7 Å². The van der Waals surface area contributed by atoms with Gasteiger partial charge in [-0.3, -0.25) is 28.8 Å². The van der Waals surface area contributed by atoms with Crippen LogP contribution in [0.15, 0.2) is 24.3 Å². The van der Waals surface area contributed by atoms with Crippen molar-refractivity contribution in [3.63, 3.8) is 0 Å². The van der Waals surface area contributed by atoms with E-state index in [2.05, 4.69) is 41.2 Å². The Bertz CT molecular complexity index is 1360. The molecule has 3 amide bonds. The second-order valence-electron chi connectivity index (χ2n) is 13.8. The van der Waals surface area contributed by atoms with Gasteiger partial charge in [0.2, 0.25) is 17.7 Å². The van der Waals surface area contributed by atoms with Gasteiger partial charge in [0.25, 0.3) is 0 Å². The number of phenolic OH excluding ortho intramolecular Hbond substituents is 1. The molecular formula is C37H58N4O10S2. The molecule has 53 heavy (non-hydrogen) atoms. The Balaban J connectivity index is 3.17. The van der Waals surface area contributed by atoms with Crippen LogP contribution in [0.1, 0.15) is 84.1 Å². The molecule has 0 aliphatic carbocycles. The second kappa shape index (κ2) is 25.5. The van der Waals surface area contributed by atoms with Crippen LogP contribution in [0.5, 0.6) is 5.75 Å². The van der Waals surface area contributed by atoms with Gasteiger partial charge in [0.1, 0.15) is 17.6 Å². The van der Waals surface area contributed by atoms with E-state index in [9.17, 15) is 48.9 Å². The maximum Gasteiger partial charge on any atom is 0.326 e. The molecule has 6 atom stereocenters. The van der Waals surface area contributed by atoms with Gasteiger partial charge >= 0.3 is 5.97 Å². The number of carboxylic acids is 1. The molecule has 0 radical (unpaired) electrons. The van der Waals surface area contributed by atoms with E-state index in [0.29, 0.717) is 44.2 Å². The van der Waals surface area contributed by atoms with Crippen LogP contribution in [0.4, 0.5) is 0 Å². The van der Waals surface area contributed by atoms with E-state index in [1.54, 1.807) is 26.0 Å². The number of nitrogens with one attached hydrogen (secondary N) is 3. The summed E-state index contributed by atoms with van der Waals surface area (Å²) < 4.78 is 0. The third-order valence-corrected chi connectivity index (χ3v) is 9.55. The number of hydrogen-bond donors (Lipinski definition) is 9. The maximum absolute atomic E-state index is 13.7. The number of Topliss-reactive ketones (excluding diaryl/α,β-unsaturated/α-hetero) is 3. The summed E-state index contributed by atoms with van der Waals surface area (Å²) in [6, 6.07) is 2.33. The van der Waals surface area contributed by atoms with Crippen molar-refractivity contribution in [3.05, 3.63) is 29.8 Å². The average molecular weight is 783 g/mol. The number of aliphatic carboxylic acids is 1. The van der Waals surface area contributed by atoms with E-state index in [1.165, 1.54) is 12.1 Å². The Morgan fingerprint density at radius 1 is 0.755 bits per heavy atom. The van der Waals surface area contributed by atoms with Crippen LogP contribution in [0.25, 0.3) is 0 Å². The van der Waals surface area contributed by atoms with Crippen LogP contribution in [0.3, 0.4) is 0 Å². The molecule has 14 nitrogen and oxygen atoms in total. The summed E-state index contributed by atoms with van der Waals surface area (Å²) >= 11 is 8.53. The Hall–Kier alpha value is -3.47. The molecule has 0 bridgehead atoms.